The first-order valence-corrected chi connectivity index (χ1v) is 7.15. The fourth-order valence-electron chi connectivity index (χ4n) is 2.35. The summed E-state index contributed by atoms with van der Waals surface area (Å²) in [6, 6.07) is 0. The fourth-order valence-corrected chi connectivity index (χ4v) is 2.35. The molecule has 0 radical (unpaired) electrons. The molecule has 6 nitrogen and oxygen atoms in total. The lowest BCUT2D eigenvalue weighted by molar-refractivity contribution is -0.137. The van der Waals surface area contributed by atoms with Gasteiger partial charge in [-0.05, 0) is 25.2 Å². The van der Waals surface area contributed by atoms with Crippen LogP contribution < -0.4 is 5.32 Å². The average molecular weight is 284 g/mol. The lowest BCUT2D eigenvalue weighted by atomic mass is 9.95. The van der Waals surface area contributed by atoms with Crippen LogP contribution in [0.15, 0.2) is 0 Å². The Morgan fingerprint density at radius 2 is 1.90 bits per heavy atom. The molecular formula is C14H24N2O4. The van der Waals surface area contributed by atoms with E-state index in [1.54, 1.807) is 11.8 Å². The Kier molecular flexibility index (Phi) is 6.48. The SMILES string of the molecule is CC(=O)N1CCC(C(=O)NCC(C)CCC(=O)O)CC1. The lowest BCUT2D eigenvalue weighted by Gasteiger charge is -2.30. The molecule has 6 heteroatoms. The van der Waals surface area contributed by atoms with Crippen LogP contribution in [0.25, 0.3) is 0 Å². The Morgan fingerprint density at radius 1 is 1.30 bits per heavy atom. The Morgan fingerprint density at radius 3 is 2.40 bits per heavy atom. The van der Waals surface area contributed by atoms with Crippen molar-refractivity contribution in [3.05, 3.63) is 0 Å². The molecule has 0 spiro atoms. The van der Waals surface area contributed by atoms with Crippen LogP contribution in [-0.4, -0.2) is 47.4 Å². The van der Waals surface area contributed by atoms with E-state index in [-0.39, 0.29) is 30.1 Å². The molecule has 0 aromatic carbocycles. The molecule has 0 aliphatic carbocycles. The van der Waals surface area contributed by atoms with E-state index in [2.05, 4.69) is 5.32 Å². The van der Waals surface area contributed by atoms with Crippen LogP contribution in [0.4, 0.5) is 0 Å². The van der Waals surface area contributed by atoms with Gasteiger partial charge < -0.3 is 15.3 Å². The summed E-state index contributed by atoms with van der Waals surface area (Å²) in [5.41, 5.74) is 0. The van der Waals surface area contributed by atoms with Crippen molar-refractivity contribution in [2.45, 2.75) is 39.5 Å². The number of rotatable bonds is 6. The van der Waals surface area contributed by atoms with Crippen molar-refractivity contribution in [3.63, 3.8) is 0 Å². The highest BCUT2D eigenvalue weighted by atomic mass is 16.4. The smallest absolute Gasteiger partial charge is 0.303 e. The highest BCUT2D eigenvalue weighted by Gasteiger charge is 2.25. The summed E-state index contributed by atoms with van der Waals surface area (Å²) >= 11 is 0. The Balaban J connectivity index is 2.23. The first-order chi connectivity index (χ1) is 9.40. The van der Waals surface area contributed by atoms with Gasteiger partial charge in [-0.1, -0.05) is 6.92 Å². The summed E-state index contributed by atoms with van der Waals surface area (Å²) in [5.74, 6) is -0.592. The van der Waals surface area contributed by atoms with Crippen molar-refractivity contribution in [2.75, 3.05) is 19.6 Å². The molecule has 1 saturated heterocycles. The highest BCUT2D eigenvalue weighted by molar-refractivity contribution is 5.79. The molecule has 20 heavy (non-hydrogen) atoms. The fraction of sp³-hybridized carbons (Fsp3) is 0.786. The second-order valence-corrected chi connectivity index (χ2v) is 5.56. The van der Waals surface area contributed by atoms with E-state index in [9.17, 15) is 14.4 Å². The summed E-state index contributed by atoms with van der Waals surface area (Å²) < 4.78 is 0. The van der Waals surface area contributed by atoms with Crippen LogP contribution in [0, 0.1) is 11.8 Å². The number of carbonyl (C=O) groups excluding carboxylic acids is 2. The minimum absolute atomic E-state index is 0.0235. The molecule has 2 amide bonds. The third-order valence-corrected chi connectivity index (χ3v) is 3.79. The monoisotopic (exact) mass is 284 g/mol. The third-order valence-electron chi connectivity index (χ3n) is 3.79. The number of carboxylic acids is 1. The zero-order chi connectivity index (χ0) is 15.1. The van der Waals surface area contributed by atoms with Gasteiger partial charge in [0.2, 0.25) is 11.8 Å². The van der Waals surface area contributed by atoms with Crippen LogP contribution in [-0.2, 0) is 14.4 Å². The van der Waals surface area contributed by atoms with E-state index in [1.807, 2.05) is 6.92 Å². The van der Waals surface area contributed by atoms with Crippen molar-refractivity contribution in [1.29, 1.82) is 0 Å². The molecule has 1 fully saturated rings. The number of amides is 2. The van der Waals surface area contributed by atoms with Gasteiger partial charge in [-0.15, -0.1) is 0 Å². The van der Waals surface area contributed by atoms with E-state index in [4.69, 9.17) is 5.11 Å². The maximum absolute atomic E-state index is 12.0. The van der Waals surface area contributed by atoms with Gasteiger partial charge in [0, 0.05) is 38.9 Å². The molecule has 2 N–H and O–H groups in total. The van der Waals surface area contributed by atoms with E-state index in [1.165, 1.54) is 0 Å². The predicted octanol–water partition coefficient (Wildman–Crippen LogP) is 0.862. The number of carbonyl (C=O) groups is 3. The molecule has 1 unspecified atom stereocenters. The zero-order valence-corrected chi connectivity index (χ0v) is 12.2. The standard InChI is InChI=1S/C14H24N2O4/c1-10(3-4-13(18)19)9-15-14(20)12-5-7-16(8-6-12)11(2)17/h10,12H,3-9H2,1-2H3,(H,15,20)(H,18,19). The maximum atomic E-state index is 12.0. The average Bonchev–Trinajstić information content (AvgIpc) is 2.42. The Labute approximate surface area is 119 Å². The van der Waals surface area contributed by atoms with Gasteiger partial charge in [0.25, 0.3) is 0 Å². The van der Waals surface area contributed by atoms with E-state index in [0.29, 0.717) is 38.9 Å². The van der Waals surface area contributed by atoms with Gasteiger partial charge in [-0.3, -0.25) is 14.4 Å². The second-order valence-electron chi connectivity index (χ2n) is 5.56. The van der Waals surface area contributed by atoms with Crippen LogP contribution in [0.5, 0.6) is 0 Å². The first-order valence-electron chi connectivity index (χ1n) is 7.15. The number of carboxylic acid groups (broad SMARTS) is 1. The molecule has 114 valence electrons. The van der Waals surface area contributed by atoms with Gasteiger partial charge in [0.05, 0.1) is 0 Å². The number of aliphatic carboxylic acids is 1. The Bertz CT molecular complexity index is 362. The first kappa shape index (κ1) is 16.5. The molecular weight excluding hydrogens is 260 g/mol. The maximum Gasteiger partial charge on any atom is 0.303 e. The zero-order valence-electron chi connectivity index (χ0n) is 12.2. The van der Waals surface area contributed by atoms with E-state index < -0.39 is 5.97 Å². The largest absolute Gasteiger partial charge is 0.481 e. The number of hydrogen-bond donors (Lipinski definition) is 2. The number of nitrogens with zero attached hydrogens (tertiary/aromatic N) is 1. The van der Waals surface area contributed by atoms with Crippen molar-refractivity contribution < 1.29 is 19.5 Å². The van der Waals surface area contributed by atoms with Gasteiger partial charge in [0.15, 0.2) is 0 Å². The molecule has 0 aromatic heterocycles. The normalized spacial score (nSPS) is 17.6. The topological polar surface area (TPSA) is 86.7 Å². The molecule has 1 aliphatic heterocycles. The summed E-state index contributed by atoms with van der Waals surface area (Å²) in [7, 11) is 0. The van der Waals surface area contributed by atoms with Crippen LogP contribution in [0.1, 0.15) is 39.5 Å². The van der Waals surface area contributed by atoms with Crippen LogP contribution >= 0.6 is 0 Å². The number of hydrogen-bond acceptors (Lipinski definition) is 3. The number of nitrogens with one attached hydrogen (secondary N) is 1. The van der Waals surface area contributed by atoms with Gasteiger partial charge in [0.1, 0.15) is 0 Å². The van der Waals surface area contributed by atoms with Gasteiger partial charge >= 0.3 is 5.97 Å². The van der Waals surface area contributed by atoms with Crippen LogP contribution in [0.3, 0.4) is 0 Å². The second kappa shape index (κ2) is 7.87. The third kappa shape index (κ3) is 5.59. The number of likely N-dealkylation sites (tertiary alicyclic amines) is 1. The summed E-state index contributed by atoms with van der Waals surface area (Å²) in [5, 5.41) is 11.5. The molecule has 0 saturated carbocycles. The molecule has 1 atom stereocenters. The Hall–Kier alpha value is -1.59. The lowest BCUT2D eigenvalue weighted by Crippen LogP contribution is -2.43. The predicted molar refractivity (Wildman–Crippen MR) is 74.0 cm³/mol. The molecule has 0 aromatic rings. The van der Waals surface area contributed by atoms with Gasteiger partial charge in [-0.25, -0.2) is 0 Å². The minimum Gasteiger partial charge on any atom is -0.481 e. The molecule has 1 rings (SSSR count). The summed E-state index contributed by atoms with van der Waals surface area (Å²) in [4.78, 5) is 35.4. The van der Waals surface area contributed by atoms with Gasteiger partial charge in [-0.2, -0.15) is 0 Å². The highest BCUT2D eigenvalue weighted by Crippen LogP contribution is 2.17. The van der Waals surface area contributed by atoms with E-state index in [0.717, 1.165) is 0 Å². The quantitative estimate of drug-likeness (QED) is 0.757. The van der Waals surface area contributed by atoms with Crippen molar-refractivity contribution >= 4 is 17.8 Å². The summed E-state index contributed by atoms with van der Waals surface area (Å²) in [6.45, 7) is 5.27. The summed E-state index contributed by atoms with van der Waals surface area (Å²) in [6.07, 6.45) is 2.11. The van der Waals surface area contributed by atoms with Crippen LogP contribution in [0.2, 0.25) is 0 Å². The molecule has 1 heterocycles. The molecule has 0 bridgehead atoms. The van der Waals surface area contributed by atoms with Crippen molar-refractivity contribution in [1.82, 2.24) is 10.2 Å². The van der Waals surface area contributed by atoms with E-state index >= 15 is 0 Å². The van der Waals surface area contributed by atoms with Crippen molar-refractivity contribution in [2.24, 2.45) is 11.8 Å². The minimum atomic E-state index is -0.806. The van der Waals surface area contributed by atoms with Crippen molar-refractivity contribution in [3.8, 4) is 0 Å². The number of piperidine rings is 1. The molecule has 1 aliphatic rings.